The molecule has 1 aromatic rings. The van der Waals surface area contributed by atoms with Crippen molar-refractivity contribution in [1.29, 1.82) is 0 Å². The van der Waals surface area contributed by atoms with E-state index in [2.05, 4.69) is 10.2 Å². The lowest BCUT2D eigenvalue weighted by Gasteiger charge is -2.39. The number of hydrogen-bond acceptors (Lipinski definition) is 2. The lowest BCUT2D eigenvalue weighted by atomic mass is 9.80. The van der Waals surface area contributed by atoms with Gasteiger partial charge in [-0.15, -0.1) is 0 Å². The van der Waals surface area contributed by atoms with Crippen molar-refractivity contribution in [3.05, 3.63) is 35.4 Å². The standard InChI is InChI=1S/C18H25F3N2O/c1-3-10-22-16(24)17(2)9-4-11-23(13-17)12-14-5-7-15(8-6-14)18(19,20)21/h5-8H,3-4,9-13H2,1-2H3,(H,22,24). The molecule has 0 spiro atoms. The first-order chi connectivity index (χ1) is 11.2. The molecule has 1 amide bonds. The molecule has 1 aromatic carbocycles. The molecule has 134 valence electrons. The number of piperidine rings is 1. The molecule has 1 N–H and O–H groups in total. The van der Waals surface area contributed by atoms with E-state index in [1.807, 2.05) is 13.8 Å². The average Bonchev–Trinajstić information content (AvgIpc) is 2.52. The fraction of sp³-hybridized carbons (Fsp3) is 0.611. The zero-order valence-electron chi connectivity index (χ0n) is 14.2. The van der Waals surface area contributed by atoms with Crippen molar-refractivity contribution in [3.63, 3.8) is 0 Å². The molecule has 6 heteroatoms. The van der Waals surface area contributed by atoms with Gasteiger partial charge in [0.15, 0.2) is 0 Å². The topological polar surface area (TPSA) is 32.3 Å². The Kier molecular flexibility index (Phi) is 5.91. The van der Waals surface area contributed by atoms with Gasteiger partial charge in [-0.1, -0.05) is 19.1 Å². The minimum absolute atomic E-state index is 0.0708. The fourth-order valence-corrected chi connectivity index (χ4v) is 3.17. The maximum atomic E-state index is 12.6. The van der Waals surface area contributed by atoms with Crippen LogP contribution in [0.1, 0.15) is 44.2 Å². The lowest BCUT2D eigenvalue weighted by Crippen LogP contribution is -2.50. The minimum Gasteiger partial charge on any atom is -0.356 e. The second-order valence-electron chi connectivity index (χ2n) is 6.83. The molecule has 0 aliphatic carbocycles. The van der Waals surface area contributed by atoms with Crippen LogP contribution in [0.15, 0.2) is 24.3 Å². The van der Waals surface area contributed by atoms with Gasteiger partial charge in [-0.2, -0.15) is 13.2 Å². The highest BCUT2D eigenvalue weighted by Gasteiger charge is 2.37. The molecule has 1 aliphatic rings. The maximum absolute atomic E-state index is 12.6. The highest BCUT2D eigenvalue weighted by atomic mass is 19.4. The van der Waals surface area contributed by atoms with Crippen molar-refractivity contribution < 1.29 is 18.0 Å². The summed E-state index contributed by atoms with van der Waals surface area (Å²) < 4.78 is 37.8. The van der Waals surface area contributed by atoms with E-state index in [9.17, 15) is 18.0 Å². The summed E-state index contributed by atoms with van der Waals surface area (Å²) in [5, 5.41) is 2.96. The van der Waals surface area contributed by atoms with Gasteiger partial charge in [0, 0.05) is 19.6 Å². The molecule has 0 bridgehead atoms. The van der Waals surface area contributed by atoms with Gasteiger partial charge in [-0.3, -0.25) is 9.69 Å². The SMILES string of the molecule is CCCNC(=O)C1(C)CCCN(Cc2ccc(C(F)(F)F)cc2)C1. The molecule has 3 nitrogen and oxygen atoms in total. The van der Waals surface area contributed by atoms with E-state index in [1.165, 1.54) is 12.1 Å². The van der Waals surface area contributed by atoms with Gasteiger partial charge >= 0.3 is 6.18 Å². The first-order valence-electron chi connectivity index (χ1n) is 8.41. The van der Waals surface area contributed by atoms with Crippen LogP contribution in [-0.2, 0) is 17.5 Å². The largest absolute Gasteiger partial charge is 0.416 e. The Balaban J connectivity index is 1.98. The first-order valence-corrected chi connectivity index (χ1v) is 8.41. The summed E-state index contributed by atoms with van der Waals surface area (Å²) in [7, 11) is 0. The Hall–Kier alpha value is -1.56. The second kappa shape index (κ2) is 7.55. The maximum Gasteiger partial charge on any atom is 0.416 e. The molecule has 1 saturated heterocycles. The summed E-state index contributed by atoms with van der Waals surface area (Å²) in [6, 6.07) is 5.27. The van der Waals surface area contributed by atoms with Crippen molar-refractivity contribution in [2.75, 3.05) is 19.6 Å². The van der Waals surface area contributed by atoms with Crippen molar-refractivity contribution in [2.24, 2.45) is 5.41 Å². The third-order valence-corrected chi connectivity index (χ3v) is 4.55. The highest BCUT2D eigenvalue weighted by molar-refractivity contribution is 5.82. The number of hydrogen-bond donors (Lipinski definition) is 1. The summed E-state index contributed by atoms with van der Waals surface area (Å²) in [6.45, 7) is 6.71. The van der Waals surface area contributed by atoms with Crippen LogP contribution in [0.4, 0.5) is 13.2 Å². The zero-order chi connectivity index (χ0) is 17.8. The molecular formula is C18H25F3N2O. The van der Waals surface area contributed by atoms with Gasteiger partial charge in [-0.05, 0) is 50.4 Å². The Morgan fingerprint density at radius 3 is 2.54 bits per heavy atom. The van der Waals surface area contributed by atoms with E-state index in [0.717, 1.165) is 43.5 Å². The van der Waals surface area contributed by atoms with Crippen LogP contribution in [0.5, 0.6) is 0 Å². The first kappa shape index (κ1) is 18.8. The van der Waals surface area contributed by atoms with E-state index < -0.39 is 17.2 Å². The smallest absolute Gasteiger partial charge is 0.356 e. The third kappa shape index (κ3) is 4.72. The monoisotopic (exact) mass is 342 g/mol. The molecule has 1 atom stereocenters. The highest BCUT2D eigenvalue weighted by Crippen LogP contribution is 2.32. The number of carbonyl (C=O) groups is 1. The summed E-state index contributed by atoms with van der Waals surface area (Å²) in [6.07, 6.45) is -1.65. The Morgan fingerprint density at radius 2 is 1.96 bits per heavy atom. The van der Waals surface area contributed by atoms with E-state index in [-0.39, 0.29) is 5.91 Å². The number of carbonyl (C=O) groups excluding carboxylic acids is 1. The van der Waals surface area contributed by atoms with Gasteiger partial charge in [0.25, 0.3) is 0 Å². The van der Waals surface area contributed by atoms with Gasteiger partial charge in [-0.25, -0.2) is 0 Å². The molecule has 1 fully saturated rings. The number of nitrogens with zero attached hydrogens (tertiary/aromatic N) is 1. The Bertz CT molecular complexity index is 556. The number of alkyl halides is 3. The Labute approximate surface area is 141 Å². The number of rotatable bonds is 5. The van der Waals surface area contributed by atoms with Crippen LogP contribution in [-0.4, -0.2) is 30.4 Å². The number of benzene rings is 1. The summed E-state index contributed by atoms with van der Waals surface area (Å²) in [5.74, 6) is 0.0708. The molecule has 0 radical (unpaired) electrons. The summed E-state index contributed by atoms with van der Waals surface area (Å²) in [4.78, 5) is 14.5. The minimum atomic E-state index is -4.31. The second-order valence-corrected chi connectivity index (χ2v) is 6.83. The number of likely N-dealkylation sites (tertiary alicyclic amines) is 1. The van der Waals surface area contributed by atoms with E-state index in [0.29, 0.717) is 19.6 Å². The predicted octanol–water partition coefficient (Wildman–Crippen LogP) is 3.83. The number of amides is 1. The quantitative estimate of drug-likeness (QED) is 0.882. The predicted molar refractivity (Wildman–Crippen MR) is 87.4 cm³/mol. The van der Waals surface area contributed by atoms with Crippen LogP contribution < -0.4 is 5.32 Å². The van der Waals surface area contributed by atoms with E-state index >= 15 is 0 Å². The molecule has 2 rings (SSSR count). The van der Waals surface area contributed by atoms with E-state index in [1.54, 1.807) is 0 Å². The van der Waals surface area contributed by atoms with Gasteiger partial charge < -0.3 is 5.32 Å². The molecule has 1 unspecified atom stereocenters. The molecular weight excluding hydrogens is 317 g/mol. The van der Waals surface area contributed by atoms with Gasteiger partial charge in [0.1, 0.15) is 0 Å². The van der Waals surface area contributed by atoms with Crippen molar-refractivity contribution in [3.8, 4) is 0 Å². The van der Waals surface area contributed by atoms with Crippen LogP contribution in [0, 0.1) is 5.41 Å². The van der Waals surface area contributed by atoms with Crippen molar-refractivity contribution in [2.45, 2.75) is 45.8 Å². The fourth-order valence-electron chi connectivity index (χ4n) is 3.17. The van der Waals surface area contributed by atoms with Gasteiger partial charge in [0.05, 0.1) is 11.0 Å². The summed E-state index contributed by atoms with van der Waals surface area (Å²) >= 11 is 0. The normalized spacial score (nSPS) is 22.4. The summed E-state index contributed by atoms with van der Waals surface area (Å²) in [5.41, 5.74) is -0.228. The van der Waals surface area contributed by atoms with Crippen LogP contribution in [0.25, 0.3) is 0 Å². The van der Waals surface area contributed by atoms with Gasteiger partial charge in [0.2, 0.25) is 5.91 Å². The number of halogens is 3. The molecule has 1 aliphatic heterocycles. The van der Waals surface area contributed by atoms with Crippen LogP contribution in [0.3, 0.4) is 0 Å². The average molecular weight is 342 g/mol. The molecule has 0 aromatic heterocycles. The lowest BCUT2D eigenvalue weighted by molar-refractivity contribution is -0.137. The zero-order valence-corrected chi connectivity index (χ0v) is 14.2. The van der Waals surface area contributed by atoms with Crippen molar-refractivity contribution in [1.82, 2.24) is 10.2 Å². The number of nitrogens with one attached hydrogen (secondary N) is 1. The molecule has 24 heavy (non-hydrogen) atoms. The molecule has 1 heterocycles. The van der Waals surface area contributed by atoms with Crippen molar-refractivity contribution >= 4 is 5.91 Å². The Morgan fingerprint density at radius 1 is 1.29 bits per heavy atom. The van der Waals surface area contributed by atoms with Crippen LogP contribution >= 0.6 is 0 Å². The van der Waals surface area contributed by atoms with Crippen LogP contribution in [0.2, 0.25) is 0 Å². The van der Waals surface area contributed by atoms with E-state index in [4.69, 9.17) is 0 Å². The molecule has 0 saturated carbocycles. The third-order valence-electron chi connectivity index (χ3n) is 4.55.